The molecule has 0 saturated heterocycles. The van der Waals surface area contributed by atoms with Gasteiger partial charge in [-0.05, 0) is 49.0 Å². The summed E-state index contributed by atoms with van der Waals surface area (Å²) in [6.45, 7) is 3.96. The van der Waals surface area contributed by atoms with Crippen molar-refractivity contribution in [3.05, 3.63) is 71.5 Å². The minimum Gasteiger partial charge on any atom is -0.317 e. The Bertz CT molecular complexity index is 510. The van der Waals surface area contributed by atoms with Crippen LogP contribution in [0.4, 0.5) is 4.39 Å². The normalized spacial score (nSPS) is 12.3. The fourth-order valence-electron chi connectivity index (χ4n) is 2.49. The van der Waals surface area contributed by atoms with E-state index in [0.29, 0.717) is 5.92 Å². The van der Waals surface area contributed by atoms with Gasteiger partial charge in [-0.2, -0.15) is 0 Å². The molecule has 0 amide bonds. The van der Waals surface area contributed by atoms with Crippen molar-refractivity contribution in [1.29, 1.82) is 0 Å². The second-order valence-corrected chi connectivity index (χ2v) is 5.16. The Morgan fingerprint density at radius 3 is 2.35 bits per heavy atom. The molecule has 1 N–H and O–H groups in total. The van der Waals surface area contributed by atoms with E-state index >= 15 is 0 Å². The SMILES string of the molecule is CCNCC(Cc1ccccc1)Cc1ccccc1F. The molecular weight excluding hydrogens is 249 g/mol. The summed E-state index contributed by atoms with van der Waals surface area (Å²) in [5.41, 5.74) is 2.12. The maximum Gasteiger partial charge on any atom is 0.126 e. The third-order valence-corrected chi connectivity index (χ3v) is 3.52. The van der Waals surface area contributed by atoms with E-state index in [-0.39, 0.29) is 5.82 Å². The average Bonchev–Trinajstić information content (AvgIpc) is 2.48. The average molecular weight is 271 g/mol. The molecule has 0 heterocycles. The lowest BCUT2D eigenvalue weighted by atomic mass is 9.92. The Morgan fingerprint density at radius 1 is 0.950 bits per heavy atom. The molecule has 106 valence electrons. The highest BCUT2D eigenvalue weighted by atomic mass is 19.1. The first-order valence-corrected chi connectivity index (χ1v) is 7.27. The largest absolute Gasteiger partial charge is 0.317 e. The molecule has 0 aromatic heterocycles. The molecule has 0 aliphatic heterocycles. The number of hydrogen-bond donors (Lipinski definition) is 1. The van der Waals surface area contributed by atoms with Crippen LogP contribution >= 0.6 is 0 Å². The second-order valence-electron chi connectivity index (χ2n) is 5.16. The van der Waals surface area contributed by atoms with Crippen LogP contribution in [0.2, 0.25) is 0 Å². The molecule has 0 radical (unpaired) electrons. The van der Waals surface area contributed by atoms with Crippen molar-refractivity contribution in [3.8, 4) is 0 Å². The van der Waals surface area contributed by atoms with Gasteiger partial charge in [0.25, 0.3) is 0 Å². The molecular formula is C18H22FN. The lowest BCUT2D eigenvalue weighted by molar-refractivity contribution is 0.467. The summed E-state index contributed by atoms with van der Waals surface area (Å²) in [5, 5.41) is 3.39. The van der Waals surface area contributed by atoms with Crippen molar-refractivity contribution in [3.63, 3.8) is 0 Å². The van der Waals surface area contributed by atoms with Gasteiger partial charge in [-0.3, -0.25) is 0 Å². The minimum absolute atomic E-state index is 0.0953. The monoisotopic (exact) mass is 271 g/mol. The van der Waals surface area contributed by atoms with Crippen molar-refractivity contribution in [2.45, 2.75) is 19.8 Å². The van der Waals surface area contributed by atoms with Gasteiger partial charge in [0.15, 0.2) is 0 Å². The van der Waals surface area contributed by atoms with Gasteiger partial charge in [0, 0.05) is 0 Å². The highest BCUT2D eigenvalue weighted by Crippen LogP contribution is 2.16. The molecule has 1 atom stereocenters. The highest BCUT2D eigenvalue weighted by Gasteiger charge is 2.12. The molecule has 1 unspecified atom stereocenters. The number of rotatable bonds is 7. The van der Waals surface area contributed by atoms with Crippen molar-refractivity contribution in [2.75, 3.05) is 13.1 Å². The summed E-state index contributed by atoms with van der Waals surface area (Å²) in [7, 11) is 0. The zero-order valence-electron chi connectivity index (χ0n) is 12.0. The maximum atomic E-state index is 13.8. The highest BCUT2D eigenvalue weighted by molar-refractivity contribution is 5.20. The Morgan fingerprint density at radius 2 is 1.65 bits per heavy atom. The maximum absolute atomic E-state index is 13.8. The summed E-state index contributed by atoms with van der Waals surface area (Å²) in [6.07, 6.45) is 1.75. The molecule has 0 aliphatic carbocycles. The summed E-state index contributed by atoms with van der Waals surface area (Å²) < 4.78 is 13.8. The Balaban J connectivity index is 2.05. The lowest BCUT2D eigenvalue weighted by Crippen LogP contribution is -2.26. The number of hydrogen-bond acceptors (Lipinski definition) is 1. The van der Waals surface area contributed by atoms with E-state index in [1.165, 1.54) is 5.56 Å². The third kappa shape index (κ3) is 4.46. The van der Waals surface area contributed by atoms with Crippen LogP contribution in [0.1, 0.15) is 18.1 Å². The van der Waals surface area contributed by atoms with Gasteiger partial charge in [0.05, 0.1) is 0 Å². The van der Waals surface area contributed by atoms with Crippen LogP contribution in [0.15, 0.2) is 54.6 Å². The molecule has 0 spiro atoms. The van der Waals surface area contributed by atoms with Crippen LogP contribution in [0.5, 0.6) is 0 Å². The summed E-state index contributed by atoms with van der Waals surface area (Å²) in [5.74, 6) is 0.316. The van der Waals surface area contributed by atoms with E-state index in [0.717, 1.165) is 31.5 Å². The van der Waals surface area contributed by atoms with E-state index in [1.54, 1.807) is 12.1 Å². The molecule has 1 nitrogen and oxygen atoms in total. The third-order valence-electron chi connectivity index (χ3n) is 3.52. The van der Waals surface area contributed by atoms with E-state index in [4.69, 9.17) is 0 Å². The van der Waals surface area contributed by atoms with Gasteiger partial charge in [-0.15, -0.1) is 0 Å². The molecule has 20 heavy (non-hydrogen) atoms. The molecule has 2 heteroatoms. The Hall–Kier alpha value is -1.67. The van der Waals surface area contributed by atoms with E-state index < -0.39 is 0 Å². The zero-order valence-corrected chi connectivity index (χ0v) is 12.0. The number of benzene rings is 2. The Kier molecular flexibility index (Phi) is 5.75. The van der Waals surface area contributed by atoms with Gasteiger partial charge < -0.3 is 5.32 Å². The van der Waals surface area contributed by atoms with Crippen LogP contribution in [-0.4, -0.2) is 13.1 Å². The van der Waals surface area contributed by atoms with E-state index in [9.17, 15) is 4.39 Å². The quantitative estimate of drug-likeness (QED) is 0.807. The number of halogens is 1. The molecule has 2 aromatic rings. The molecule has 0 saturated carbocycles. The van der Waals surface area contributed by atoms with Crippen molar-refractivity contribution >= 4 is 0 Å². The van der Waals surface area contributed by atoms with Crippen LogP contribution in [0.3, 0.4) is 0 Å². The first-order valence-electron chi connectivity index (χ1n) is 7.27. The van der Waals surface area contributed by atoms with Crippen LogP contribution in [-0.2, 0) is 12.8 Å². The van der Waals surface area contributed by atoms with Crippen molar-refractivity contribution in [1.82, 2.24) is 5.32 Å². The molecule has 2 rings (SSSR count). The second kappa shape index (κ2) is 7.81. The van der Waals surface area contributed by atoms with Gasteiger partial charge in [-0.25, -0.2) is 4.39 Å². The van der Waals surface area contributed by atoms with Crippen LogP contribution in [0.25, 0.3) is 0 Å². The first-order chi connectivity index (χ1) is 9.79. The molecule has 0 bridgehead atoms. The van der Waals surface area contributed by atoms with E-state index in [2.05, 4.69) is 36.5 Å². The summed E-state index contributed by atoms with van der Waals surface area (Å²) in [6, 6.07) is 17.5. The predicted molar refractivity (Wildman–Crippen MR) is 82.3 cm³/mol. The molecule has 2 aromatic carbocycles. The smallest absolute Gasteiger partial charge is 0.126 e. The van der Waals surface area contributed by atoms with Gasteiger partial charge in [-0.1, -0.05) is 55.5 Å². The van der Waals surface area contributed by atoms with Gasteiger partial charge >= 0.3 is 0 Å². The Labute approximate surface area is 120 Å². The topological polar surface area (TPSA) is 12.0 Å². The first kappa shape index (κ1) is 14.7. The van der Waals surface area contributed by atoms with Crippen LogP contribution < -0.4 is 5.32 Å². The minimum atomic E-state index is -0.0953. The van der Waals surface area contributed by atoms with Gasteiger partial charge in [0.1, 0.15) is 5.82 Å². The predicted octanol–water partition coefficient (Wildman–Crippen LogP) is 3.84. The molecule has 0 aliphatic rings. The van der Waals surface area contributed by atoms with Gasteiger partial charge in [0.2, 0.25) is 0 Å². The standard InChI is InChI=1S/C18H22FN/c1-2-20-14-16(12-15-8-4-3-5-9-15)13-17-10-6-7-11-18(17)19/h3-11,16,20H,2,12-14H2,1H3. The zero-order chi connectivity index (χ0) is 14.2. The summed E-state index contributed by atoms with van der Waals surface area (Å²) in [4.78, 5) is 0. The number of nitrogens with one attached hydrogen (secondary N) is 1. The lowest BCUT2D eigenvalue weighted by Gasteiger charge is -2.18. The van der Waals surface area contributed by atoms with Crippen molar-refractivity contribution in [2.24, 2.45) is 5.92 Å². The molecule has 0 fully saturated rings. The fourth-order valence-corrected chi connectivity index (χ4v) is 2.49. The fraction of sp³-hybridized carbons (Fsp3) is 0.333. The van der Waals surface area contributed by atoms with E-state index in [1.807, 2.05) is 18.2 Å². The van der Waals surface area contributed by atoms with Crippen molar-refractivity contribution < 1.29 is 4.39 Å². The summed E-state index contributed by atoms with van der Waals surface area (Å²) >= 11 is 0. The van der Waals surface area contributed by atoms with Crippen LogP contribution in [0, 0.1) is 11.7 Å².